The second-order valence-corrected chi connectivity index (χ2v) is 9.70. The smallest absolute Gasteiger partial charge is 0.368 e. The number of anilines is 1. The van der Waals surface area contributed by atoms with Gasteiger partial charge < -0.3 is 15.5 Å². The van der Waals surface area contributed by atoms with Crippen LogP contribution >= 0.6 is 11.6 Å². The Bertz CT molecular complexity index is 957. The highest BCUT2D eigenvalue weighted by Gasteiger charge is 2.32. The molecular formula is C26H33ClF3N3O. The first-order valence-corrected chi connectivity index (χ1v) is 12.1. The monoisotopic (exact) mass is 495 g/mol. The van der Waals surface area contributed by atoms with Crippen molar-refractivity contribution in [3.63, 3.8) is 0 Å². The molecule has 186 valence electrons. The molecular weight excluding hydrogens is 463 g/mol. The van der Waals surface area contributed by atoms with Gasteiger partial charge in [0.25, 0.3) is 0 Å². The molecule has 0 aromatic heterocycles. The standard InChI is InChI=1S/C26H33ClF3N3O/c1-18(17-31)3-6-21-16-22(26(28,29)30)7-10-24(21)32-11-13-33(14-12-32)25(34)19(2)15-20-4-8-23(27)9-5-20/h4-5,7-10,16,18-19H,3,6,11-15,17,31H2,1-2H3. The second-order valence-electron chi connectivity index (χ2n) is 9.26. The summed E-state index contributed by atoms with van der Waals surface area (Å²) in [6.07, 6.45) is -2.48. The number of rotatable bonds is 8. The van der Waals surface area contributed by atoms with E-state index in [0.29, 0.717) is 56.2 Å². The molecule has 3 rings (SSSR count). The molecule has 4 nitrogen and oxygen atoms in total. The Hall–Kier alpha value is -2.25. The molecule has 1 heterocycles. The van der Waals surface area contributed by atoms with Crippen LogP contribution in [0.3, 0.4) is 0 Å². The van der Waals surface area contributed by atoms with Crippen LogP contribution in [0.1, 0.15) is 37.0 Å². The number of carbonyl (C=O) groups excluding carboxylic acids is 1. The van der Waals surface area contributed by atoms with Gasteiger partial charge in [0.15, 0.2) is 0 Å². The van der Waals surface area contributed by atoms with Gasteiger partial charge >= 0.3 is 6.18 Å². The summed E-state index contributed by atoms with van der Waals surface area (Å²) in [5, 5.41) is 0.666. The molecule has 1 fully saturated rings. The van der Waals surface area contributed by atoms with Crippen molar-refractivity contribution >= 4 is 23.2 Å². The number of nitrogens with two attached hydrogens (primary N) is 1. The van der Waals surface area contributed by atoms with Gasteiger partial charge in [-0.2, -0.15) is 13.2 Å². The molecule has 1 saturated heterocycles. The Morgan fingerprint density at radius 3 is 2.29 bits per heavy atom. The minimum absolute atomic E-state index is 0.0963. The lowest BCUT2D eigenvalue weighted by Gasteiger charge is -2.38. The van der Waals surface area contributed by atoms with Crippen molar-refractivity contribution in [3.8, 4) is 0 Å². The fourth-order valence-corrected chi connectivity index (χ4v) is 4.46. The van der Waals surface area contributed by atoms with Gasteiger partial charge in [-0.15, -0.1) is 0 Å². The van der Waals surface area contributed by atoms with Crippen LogP contribution in [0.2, 0.25) is 5.02 Å². The van der Waals surface area contributed by atoms with E-state index in [4.69, 9.17) is 17.3 Å². The summed E-state index contributed by atoms with van der Waals surface area (Å²) in [7, 11) is 0. The van der Waals surface area contributed by atoms with Crippen molar-refractivity contribution in [2.24, 2.45) is 17.6 Å². The van der Waals surface area contributed by atoms with Gasteiger partial charge in [-0.3, -0.25) is 4.79 Å². The molecule has 2 aromatic rings. The zero-order chi connectivity index (χ0) is 24.9. The normalized spacial score (nSPS) is 16.4. The highest BCUT2D eigenvalue weighted by molar-refractivity contribution is 6.30. The summed E-state index contributed by atoms with van der Waals surface area (Å²) in [5.41, 5.74) is 7.64. The molecule has 2 unspecified atom stereocenters. The Morgan fingerprint density at radius 2 is 1.71 bits per heavy atom. The third-order valence-electron chi connectivity index (χ3n) is 6.52. The molecule has 0 spiro atoms. The summed E-state index contributed by atoms with van der Waals surface area (Å²) in [6.45, 7) is 6.70. The summed E-state index contributed by atoms with van der Waals surface area (Å²) in [5.74, 6) is 0.171. The topological polar surface area (TPSA) is 49.6 Å². The number of carbonyl (C=O) groups is 1. The van der Waals surface area contributed by atoms with E-state index in [9.17, 15) is 18.0 Å². The van der Waals surface area contributed by atoms with Gasteiger partial charge in [0.05, 0.1) is 5.56 Å². The van der Waals surface area contributed by atoms with Gasteiger partial charge in [0.2, 0.25) is 5.91 Å². The maximum atomic E-state index is 13.3. The number of piperazine rings is 1. The first-order chi connectivity index (χ1) is 16.1. The molecule has 1 amide bonds. The Balaban J connectivity index is 1.66. The van der Waals surface area contributed by atoms with Gasteiger partial charge in [-0.05, 0) is 73.2 Å². The summed E-state index contributed by atoms with van der Waals surface area (Å²) >= 11 is 5.94. The highest BCUT2D eigenvalue weighted by atomic mass is 35.5. The molecule has 2 atom stereocenters. The van der Waals surface area contributed by atoms with Gasteiger partial charge in [-0.25, -0.2) is 0 Å². The van der Waals surface area contributed by atoms with E-state index in [1.54, 1.807) is 6.07 Å². The average molecular weight is 496 g/mol. The van der Waals surface area contributed by atoms with Crippen LogP contribution in [-0.2, 0) is 23.8 Å². The van der Waals surface area contributed by atoms with E-state index < -0.39 is 11.7 Å². The second kappa shape index (κ2) is 11.5. The predicted molar refractivity (Wildman–Crippen MR) is 131 cm³/mol. The molecule has 2 aromatic carbocycles. The Kier molecular flexibility index (Phi) is 8.88. The molecule has 0 bridgehead atoms. The lowest BCUT2D eigenvalue weighted by molar-refractivity contribution is -0.137. The third-order valence-corrected chi connectivity index (χ3v) is 6.78. The molecule has 1 aliphatic heterocycles. The first kappa shape index (κ1) is 26.4. The summed E-state index contributed by atoms with van der Waals surface area (Å²) in [6, 6.07) is 11.5. The highest BCUT2D eigenvalue weighted by Crippen LogP contribution is 2.34. The van der Waals surface area contributed by atoms with Crippen molar-refractivity contribution in [1.29, 1.82) is 0 Å². The van der Waals surface area contributed by atoms with Crippen LogP contribution in [0.5, 0.6) is 0 Å². The molecule has 8 heteroatoms. The van der Waals surface area contributed by atoms with Gasteiger partial charge in [0.1, 0.15) is 0 Å². The van der Waals surface area contributed by atoms with Crippen molar-refractivity contribution in [2.75, 3.05) is 37.6 Å². The van der Waals surface area contributed by atoms with Crippen molar-refractivity contribution < 1.29 is 18.0 Å². The largest absolute Gasteiger partial charge is 0.416 e. The molecule has 0 aliphatic carbocycles. The number of nitrogens with zero attached hydrogens (tertiary/aromatic N) is 2. The van der Waals surface area contributed by atoms with Crippen LogP contribution in [0.4, 0.5) is 18.9 Å². The van der Waals surface area contributed by atoms with Gasteiger partial charge in [-0.1, -0.05) is 37.6 Å². The fraction of sp³-hybridized carbons (Fsp3) is 0.500. The first-order valence-electron chi connectivity index (χ1n) is 11.8. The van der Waals surface area contributed by atoms with Crippen LogP contribution in [0.25, 0.3) is 0 Å². The number of hydrogen-bond acceptors (Lipinski definition) is 3. The Labute approximate surface area is 204 Å². The number of aryl methyl sites for hydroxylation is 1. The lowest BCUT2D eigenvalue weighted by atomic mass is 9.97. The fourth-order valence-electron chi connectivity index (χ4n) is 4.33. The molecule has 1 aliphatic rings. The van der Waals surface area contributed by atoms with Crippen LogP contribution in [-0.4, -0.2) is 43.5 Å². The number of benzene rings is 2. The summed E-state index contributed by atoms with van der Waals surface area (Å²) < 4.78 is 39.9. The lowest BCUT2D eigenvalue weighted by Crippen LogP contribution is -2.50. The SMILES string of the molecule is CC(CN)CCc1cc(C(F)(F)F)ccc1N1CCN(C(=O)C(C)Cc2ccc(Cl)cc2)CC1. The van der Waals surface area contributed by atoms with E-state index in [0.717, 1.165) is 23.7 Å². The Morgan fingerprint density at radius 1 is 1.06 bits per heavy atom. The number of alkyl halides is 3. The van der Waals surface area contributed by atoms with E-state index in [2.05, 4.69) is 4.90 Å². The van der Waals surface area contributed by atoms with E-state index in [1.807, 2.05) is 43.0 Å². The predicted octanol–water partition coefficient (Wildman–Crippen LogP) is 5.41. The zero-order valence-electron chi connectivity index (χ0n) is 19.7. The van der Waals surface area contributed by atoms with Crippen molar-refractivity contribution in [1.82, 2.24) is 4.90 Å². The van der Waals surface area contributed by atoms with Crippen LogP contribution in [0.15, 0.2) is 42.5 Å². The van der Waals surface area contributed by atoms with Crippen LogP contribution < -0.4 is 10.6 Å². The minimum Gasteiger partial charge on any atom is -0.368 e. The third kappa shape index (κ3) is 6.89. The summed E-state index contributed by atoms with van der Waals surface area (Å²) in [4.78, 5) is 16.9. The van der Waals surface area contributed by atoms with Crippen molar-refractivity contribution in [2.45, 2.75) is 39.3 Å². The molecule has 0 saturated carbocycles. The quantitative estimate of drug-likeness (QED) is 0.532. The number of amides is 1. The van der Waals surface area contributed by atoms with Crippen LogP contribution in [0, 0.1) is 11.8 Å². The minimum atomic E-state index is -4.38. The maximum absolute atomic E-state index is 13.3. The number of halogens is 4. The zero-order valence-corrected chi connectivity index (χ0v) is 20.5. The van der Waals surface area contributed by atoms with Gasteiger partial charge in [0, 0.05) is 42.8 Å². The molecule has 2 N–H and O–H groups in total. The van der Waals surface area contributed by atoms with Crippen molar-refractivity contribution in [3.05, 3.63) is 64.2 Å². The number of hydrogen-bond donors (Lipinski definition) is 1. The maximum Gasteiger partial charge on any atom is 0.416 e. The van der Waals surface area contributed by atoms with E-state index >= 15 is 0 Å². The average Bonchev–Trinajstić information content (AvgIpc) is 2.82. The van der Waals surface area contributed by atoms with E-state index in [-0.39, 0.29) is 17.7 Å². The molecule has 0 radical (unpaired) electrons. The van der Waals surface area contributed by atoms with E-state index in [1.165, 1.54) is 6.07 Å². The molecule has 34 heavy (non-hydrogen) atoms.